The van der Waals surface area contributed by atoms with Crippen molar-refractivity contribution in [3.63, 3.8) is 0 Å². The summed E-state index contributed by atoms with van der Waals surface area (Å²) in [4.78, 5) is 2.34. The first-order valence-electron chi connectivity index (χ1n) is 10.0. The van der Waals surface area contributed by atoms with E-state index in [0.717, 1.165) is 17.8 Å². The fraction of sp³-hybridized carbons (Fsp3) is 0.318. The third kappa shape index (κ3) is 4.92. The zero-order valence-corrected chi connectivity index (χ0v) is 21.9. The third-order valence-corrected chi connectivity index (χ3v) is 10.6. The second-order valence-corrected chi connectivity index (χ2v) is 13.3. The Kier molecular flexibility index (Phi) is 6.63. The van der Waals surface area contributed by atoms with Crippen molar-refractivity contribution in [3.8, 4) is 5.75 Å². The second kappa shape index (κ2) is 9.10. The average Bonchev–Trinajstić information content (AvgIpc) is 3.23. The summed E-state index contributed by atoms with van der Waals surface area (Å²) in [5.74, 6) is 0.521. The fourth-order valence-electron chi connectivity index (χ4n) is 3.70. The van der Waals surface area contributed by atoms with E-state index in [-0.39, 0.29) is 35.2 Å². The minimum absolute atomic E-state index is 0.133. The van der Waals surface area contributed by atoms with Gasteiger partial charge in [-0.1, -0.05) is 0 Å². The van der Waals surface area contributed by atoms with E-state index in [1.165, 1.54) is 29.1 Å². The summed E-state index contributed by atoms with van der Waals surface area (Å²) < 4.78 is 46.1. The van der Waals surface area contributed by atoms with Gasteiger partial charge in [0.15, 0.2) is 0 Å². The third-order valence-electron chi connectivity index (χ3n) is 5.16. The van der Waals surface area contributed by atoms with Crippen molar-refractivity contribution in [1.82, 2.24) is 0 Å². The first-order chi connectivity index (χ1) is 14.8. The van der Waals surface area contributed by atoms with E-state index in [9.17, 15) is 13.0 Å². The monoisotopic (exact) mass is 572 g/mol. The van der Waals surface area contributed by atoms with Gasteiger partial charge < -0.3 is 0 Å². The molecule has 0 fully saturated rings. The molecule has 0 unspecified atom stereocenters. The molecule has 1 aromatic heterocycles. The number of hydrogen-bond donors (Lipinski definition) is 0. The number of benzene rings is 2. The summed E-state index contributed by atoms with van der Waals surface area (Å²) in [6, 6.07) is 12.7. The molecule has 0 bridgehead atoms. The van der Waals surface area contributed by atoms with E-state index in [2.05, 4.69) is 59.7 Å². The standard InChI is InChI=1S/C22H24N2O4SSe2/c1-4-23-18-13-16(28-3)7-9-20(18)30-21(23)14-22-24(10-5-11-29(25,26)27)17-12-15(2)6-8-19(17)31-22/h6-9,12-14H,4-5,10-11H2,1-3H3. The van der Waals surface area contributed by atoms with Gasteiger partial charge in [0.1, 0.15) is 0 Å². The molecule has 164 valence electrons. The van der Waals surface area contributed by atoms with Crippen molar-refractivity contribution < 1.29 is 22.3 Å². The molecule has 0 aliphatic carbocycles. The molecule has 1 aliphatic rings. The van der Waals surface area contributed by atoms with Crippen LogP contribution in [0.25, 0.3) is 15.9 Å². The van der Waals surface area contributed by atoms with Crippen LogP contribution in [0.2, 0.25) is 0 Å². The Morgan fingerprint density at radius 1 is 1.23 bits per heavy atom. The van der Waals surface area contributed by atoms with Crippen LogP contribution in [-0.2, 0) is 16.7 Å². The normalized spacial score (nSPS) is 15.1. The molecule has 0 amide bonds. The van der Waals surface area contributed by atoms with Crippen LogP contribution in [0, 0.1) is 6.92 Å². The first-order valence-corrected chi connectivity index (χ1v) is 15.0. The predicted molar refractivity (Wildman–Crippen MR) is 124 cm³/mol. The Labute approximate surface area is 195 Å². The Morgan fingerprint density at radius 2 is 2.03 bits per heavy atom. The van der Waals surface area contributed by atoms with Crippen LogP contribution >= 0.6 is 0 Å². The number of ether oxygens (including phenoxy) is 1. The molecule has 0 saturated carbocycles. The van der Waals surface area contributed by atoms with Crippen molar-refractivity contribution in [2.45, 2.75) is 26.8 Å². The van der Waals surface area contributed by atoms with E-state index in [1.54, 1.807) is 7.11 Å². The van der Waals surface area contributed by atoms with Gasteiger partial charge in [0.2, 0.25) is 0 Å². The molecule has 0 saturated heterocycles. The Morgan fingerprint density at radius 3 is 2.74 bits per heavy atom. The van der Waals surface area contributed by atoms with Crippen LogP contribution in [-0.4, -0.2) is 61.8 Å². The van der Waals surface area contributed by atoms with Gasteiger partial charge in [0.05, 0.1) is 0 Å². The van der Waals surface area contributed by atoms with Crippen LogP contribution in [0.5, 0.6) is 5.75 Å². The number of hydrogen-bond acceptors (Lipinski definition) is 5. The van der Waals surface area contributed by atoms with E-state index in [0.29, 0.717) is 13.0 Å². The van der Waals surface area contributed by atoms with Crippen LogP contribution in [0.1, 0.15) is 23.5 Å². The Bertz CT molecular complexity index is 1270. The number of anilines is 1. The summed E-state index contributed by atoms with van der Waals surface area (Å²) in [6.07, 6.45) is 2.61. The van der Waals surface area contributed by atoms with E-state index < -0.39 is 10.1 Å². The zero-order valence-electron chi connectivity index (χ0n) is 17.6. The summed E-state index contributed by atoms with van der Waals surface area (Å²) >= 11 is 0.323. The van der Waals surface area contributed by atoms with Gasteiger partial charge in [0.25, 0.3) is 0 Å². The van der Waals surface area contributed by atoms with Gasteiger partial charge in [-0.2, -0.15) is 0 Å². The number of fused-ring (bicyclic) bond motifs is 2. The van der Waals surface area contributed by atoms with Crippen LogP contribution < -0.4 is 18.7 Å². The molecule has 0 atom stereocenters. The SMILES string of the molecule is CCN1C(=Cc2[se]c3ccc(C)cc3[n+]2CCCS(=O)(=O)[O-])[Se]c2ccc(OC)cc21. The van der Waals surface area contributed by atoms with E-state index >= 15 is 0 Å². The van der Waals surface area contributed by atoms with Gasteiger partial charge in [0, 0.05) is 0 Å². The van der Waals surface area contributed by atoms with Gasteiger partial charge in [-0.3, -0.25) is 0 Å². The maximum absolute atomic E-state index is 11.1. The Hall–Kier alpha value is -1.60. The van der Waals surface area contributed by atoms with Crippen LogP contribution in [0.3, 0.4) is 0 Å². The molecule has 3 aromatic rings. The number of aromatic nitrogens is 1. The molecule has 1 aliphatic heterocycles. The second-order valence-electron chi connectivity index (χ2n) is 7.34. The van der Waals surface area contributed by atoms with Crippen molar-refractivity contribution in [1.29, 1.82) is 0 Å². The summed E-state index contributed by atoms with van der Waals surface area (Å²) in [7, 11) is -2.52. The van der Waals surface area contributed by atoms with E-state index in [4.69, 9.17) is 4.74 Å². The van der Waals surface area contributed by atoms with Crippen molar-refractivity contribution in [2.24, 2.45) is 0 Å². The van der Waals surface area contributed by atoms with Crippen molar-refractivity contribution >= 4 is 65.6 Å². The van der Waals surface area contributed by atoms with Gasteiger partial charge in [-0.15, -0.1) is 0 Å². The van der Waals surface area contributed by atoms with Crippen LogP contribution in [0.4, 0.5) is 5.69 Å². The topological polar surface area (TPSA) is 73.6 Å². The van der Waals surface area contributed by atoms with Crippen molar-refractivity contribution in [3.05, 3.63) is 51.1 Å². The summed E-state index contributed by atoms with van der Waals surface area (Å²) in [5, 5.41) is 0. The van der Waals surface area contributed by atoms with Crippen LogP contribution in [0.15, 0.2) is 41.0 Å². The molecule has 2 heterocycles. The van der Waals surface area contributed by atoms with Gasteiger partial charge in [-0.05, 0) is 0 Å². The number of nitrogens with zero attached hydrogens (tertiary/aromatic N) is 2. The summed E-state index contributed by atoms with van der Waals surface area (Å²) in [6.45, 7) is 5.61. The number of rotatable bonds is 7. The molecular weight excluding hydrogens is 546 g/mol. The van der Waals surface area contributed by atoms with Gasteiger partial charge >= 0.3 is 196 Å². The average molecular weight is 570 g/mol. The first kappa shape index (κ1) is 22.6. The molecule has 4 rings (SSSR count). The predicted octanol–water partition coefficient (Wildman–Crippen LogP) is 1.60. The molecular formula is C22H24N2O4SSe2. The quantitative estimate of drug-likeness (QED) is 0.245. The Balaban J connectivity index is 1.74. The number of methoxy groups -OCH3 is 1. The van der Waals surface area contributed by atoms with Crippen molar-refractivity contribution in [2.75, 3.05) is 24.3 Å². The van der Waals surface area contributed by atoms with E-state index in [1.807, 2.05) is 6.07 Å². The number of aryl methyl sites for hydroxylation is 2. The molecule has 9 heteroatoms. The van der Waals surface area contributed by atoms with Gasteiger partial charge in [-0.25, -0.2) is 0 Å². The molecule has 0 radical (unpaired) electrons. The molecule has 6 nitrogen and oxygen atoms in total. The summed E-state index contributed by atoms with van der Waals surface area (Å²) in [5.41, 5.74) is 3.52. The fourth-order valence-corrected chi connectivity index (χ4v) is 9.27. The zero-order chi connectivity index (χ0) is 22.2. The maximum atomic E-state index is 11.1. The molecule has 2 aromatic carbocycles. The molecule has 0 N–H and O–H groups in total. The molecule has 0 spiro atoms. The minimum atomic E-state index is -4.21. The molecule has 31 heavy (non-hydrogen) atoms.